The zero-order valence-electron chi connectivity index (χ0n) is 6.49. The second-order valence-corrected chi connectivity index (χ2v) is 2.82. The smallest absolute Gasteiger partial charge is 0.0629 e. The van der Waals surface area contributed by atoms with Crippen LogP contribution in [0.1, 0.15) is 11.4 Å². The summed E-state index contributed by atoms with van der Waals surface area (Å²) in [6.45, 7) is 0. The Hall–Kier alpha value is -0.936. The molecule has 56 valence electrons. The summed E-state index contributed by atoms with van der Waals surface area (Å²) in [5.74, 6) is 0. The van der Waals surface area contributed by atoms with Crippen molar-refractivity contribution in [3.63, 3.8) is 0 Å². The van der Waals surface area contributed by atoms with Gasteiger partial charge in [0.2, 0.25) is 0 Å². The molecule has 0 aliphatic rings. The van der Waals surface area contributed by atoms with E-state index in [0.717, 1.165) is 11.4 Å². The molecule has 0 amide bonds. The summed E-state index contributed by atoms with van der Waals surface area (Å²) in [6.07, 6.45) is 3.78. The molecule has 0 saturated heterocycles. The molecule has 3 heteroatoms. The van der Waals surface area contributed by atoms with Gasteiger partial charge in [0.15, 0.2) is 0 Å². The molecule has 12 heavy (non-hydrogen) atoms. The first-order valence-corrected chi connectivity index (χ1v) is 4.67. The maximum absolute atomic E-state index is 4.32. The van der Waals surface area contributed by atoms with Gasteiger partial charge in [-0.3, -0.25) is 0 Å². The van der Waals surface area contributed by atoms with Gasteiger partial charge in [-0.15, -0.1) is 0 Å². The number of rotatable bonds is 2. The average molecular weight is 185 g/mol. The Kier molecular flexibility index (Phi) is 3.70. The fourth-order valence-electron chi connectivity index (χ4n) is 0.825. The maximum atomic E-state index is 4.32. The SMILES string of the molecule is [Si]/C=C\c1cccc(/C=C\[Si])n1. The summed E-state index contributed by atoms with van der Waals surface area (Å²) in [7, 11) is 6.49. The van der Waals surface area contributed by atoms with Crippen molar-refractivity contribution in [3.8, 4) is 0 Å². The minimum atomic E-state index is 0.937. The first kappa shape index (κ1) is 9.15. The van der Waals surface area contributed by atoms with E-state index in [1.807, 2.05) is 30.4 Å². The molecule has 6 radical (unpaired) electrons. The van der Waals surface area contributed by atoms with E-state index in [-0.39, 0.29) is 0 Å². The Morgan fingerprint density at radius 2 is 1.50 bits per heavy atom. The van der Waals surface area contributed by atoms with Crippen molar-refractivity contribution in [2.24, 2.45) is 0 Å². The van der Waals surface area contributed by atoms with Crippen molar-refractivity contribution in [3.05, 3.63) is 41.0 Å². The third kappa shape index (κ3) is 2.60. The van der Waals surface area contributed by atoms with Gasteiger partial charge >= 0.3 is 0 Å². The number of hydrogen-bond acceptors (Lipinski definition) is 1. The highest BCUT2D eigenvalue weighted by molar-refractivity contribution is 6.19. The Balaban J connectivity index is 2.95. The highest BCUT2D eigenvalue weighted by Gasteiger charge is 1.88. The molecule has 0 aromatic carbocycles. The molecule has 0 aliphatic heterocycles. The molecule has 0 fully saturated rings. The van der Waals surface area contributed by atoms with E-state index >= 15 is 0 Å². The third-order valence-corrected chi connectivity index (χ3v) is 1.63. The van der Waals surface area contributed by atoms with Crippen LogP contribution in [0.5, 0.6) is 0 Å². The van der Waals surface area contributed by atoms with Crippen LogP contribution in [0.25, 0.3) is 12.2 Å². The minimum Gasteiger partial charge on any atom is -0.249 e. The lowest BCUT2D eigenvalue weighted by atomic mass is 10.3. The summed E-state index contributed by atoms with van der Waals surface area (Å²) < 4.78 is 0. The van der Waals surface area contributed by atoms with Gasteiger partial charge in [-0.1, -0.05) is 17.5 Å². The van der Waals surface area contributed by atoms with Crippen LogP contribution in [-0.2, 0) is 0 Å². The second kappa shape index (κ2) is 4.84. The number of nitrogens with zero attached hydrogens (tertiary/aromatic N) is 1. The summed E-state index contributed by atoms with van der Waals surface area (Å²) in [4.78, 5) is 4.32. The van der Waals surface area contributed by atoms with Crippen molar-refractivity contribution in [1.82, 2.24) is 4.98 Å². The molecular formula is C9H7NSi2. The van der Waals surface area contributed by atoms with E-state index in [4.69, 9.17) is 0 Å². The Labute approximate surface area is 79.1 Å². The normalized spacial score (nSPS) is 11.5. The van der Waals surface area contributed by atoms with Gasteiger partial charge in [-0.05, 0) is 24.3 Å². The van der Waals surface area contributed by atoms with Gasteiger partial charge in [-0.25, -0.2) is 4.98 Å². The lowest BCUT2D eigenvalue weighted by molar-refractivity contribution is 1.27. The van der Waals surface area contributed by atoms with Crippen molar-refractivity contribution in [2.75, 3.05) is 0 Å². The molecule has 1 heterocycles. The number of aromatic nitrogens is 1. The van der Waals surface area contributed by atoms with Crippen LogP contribution in [-0.4, -0.2) is 25.5 Å². The van der Waals surface area contributed by atoms with Gasteiger partial charge in [0.05, 0.1) is 31.9 Å². The van der Waals surface area contributed by atoms with Gasteiger partial charge in [0, 0.05) is 0 Å². The Bertz CT molecular complexity index is 278. The topological polar surface area (TPSA) is 12.9 Å². The molecule has 0 spiro atoms. The largest absolute Gasteiger partial charge is 0.249 e. The lowest BCUT2D eigenvalue weighted by Crippen LogP contribution is -1.83. The standard InChI is InChI=1S/C9H7NSi2/c11-6-4-8-2-1-3-9(10-8)5-7-12/h1-7H/b6-4-,7-5-. The molecule has 0 N–H and O–H groups in total. The van der Waals surface area contributed by atoms with Gasteiger partial charge < -0.3 is 0 Å². The quantitative estimate of drug-likeness (QED) is 0.634. The van der Waals surface area contributed by atoms with Crippen LogP contribution in [0.4, 0.5) is 0 Å². The molecule has 0 aliphatic carbocycles. The highest BCUT2D eigenvalue weighted by atomic mass is 28.1. The minimum absolute atomic E-state index is 0.937. The van der Waals surface area contributed by atoms with E-state index in [0.29, 0.717) is 0 Å². The van der Waals surface area contributed by atoms with Crippen molar-refractivity contribution >= 4 is 32.6 Å². The molecular weight excluding hydrogens is 178 g/mol. The van der Waals surface area contributed by atoms with E-state index in [1.165, 1.54) is 0 Å². The van der Waals surface area contributed by atoms with Crippen molar-refractivity contribution < 1.29 is 0 Å². The molecule has 1 aromatic heterocycles. The lowest BCUT2D eigenvalue weighted by Gasteiger charge is -1.94. The predicted octanol–water partition coefficient (Wildman–Crippen LogP) is 1.36. The Morgan fingerprint density at radius 3 is 1.92 bits per heavy atom. The van der Waals surface area contributed by atoms with Crippen LogP contribution < -0.4 is 0 Å². The monoisotopic (exact) mass is 185 g/mol. The molecule has 1 nitrogen and oxygen atoms in total. The van der Waals surface area contributed by atoms with E-state index in [1.54, 1.807) is 11.4 Å². The van der Waals surface area contributed by atoms with Crippen LogP contribution in [0, 0.1) is 0 Å². The summed E-state index contributed by atoms with van der Waals surface area (Å²) in [5, 5.41) is 0. The van der Waals surface area contributed by atoms with Crippen LogP contribution in [0.2, 0.25) is 0 Å². The predicted molar refractivity (Wildman–Crippen MR) is 53.8 cm³/mol. The molecule has 1 aromatic rings. The fraction of sp³-hybridized carbons (Fsp3) is 0. The van der Waals surface area contributed by atoms with E-state index in [2.05, 4.69) is 25.5 Å². The fourth-order valence-corrected chi connectivity index (χ4v) is 1.17. The summed E-state index contributed by atoms with van der Waals surface area (Å²) in [6, 6.07) is 5.86. The van der Waals surface area contributed by atoms with Gasteiger partial charge in [0.25, 0.3) is 0 Å². The highest BCUT2D eigenvalue weighted by Crippen LogP contribution is 2.02. The van der Waals surface area contributed by atoms with E-state index < -0.39 is 0 Å². The van der Waals surface area contributed by atoms with E-state index in [9.17, 15) is 0 Å². The zero-order valence-corrected chi connectivity index (χ0v) is 8.49. The molecule has 0 unspecified atom stereocenters. The first-order chi connectivity index (χ1) is 5.86. The van der Waals surface area contributed by atoms with Crippen LogP contribution in [0.3, 0.4) is 0 Å². The van der Waals surface area contributed by atoms with Crippen molar-refractivity contribution in [2.45, 2.75) is 0 Å². The molecule has 0 bridgehead atoms. The summed E-state index contributed by atoms with van der Waals surface area (Å²) in [5.41, 5.74) is 5.44. The van der Waals surface area contributed by atoms with Crippen LogP contribution in [0.15, 0.2) is 29.6 Å². The number of hydrogen-bond donors (Lipinski definition) is 0. The molecule has 0 saturated carbocycles. The number of pyridine rings is 1. The second-order valence-electron chi connectivity index (χ2n) is 2.15. The van der Waals surface area contributed by atoms with Crippen molar-refractivity contribution in [1.29, 1.82) is 0 Å². The molecule has 0 atom stereocenters. The first-order valence-electron chi connectivity index (χ1n) is 3.51. The third-order valence-electron chi connectivity index (χ3n) is 1.30. The Morgan fingerprint density at radius 1 is 1.00 bits per heavy atom. The molecule has 1 rings (SSSR count). The zero-order chi connectivity index (χ0) is 8.81. The van der Waals surface area contributed by atoms with Crippen LogP contribution >= 0.6 is 0 Å². The average Bonchev–Trinajstić information content (AvgIpc) is 2.06. The maximum Gasteiger partial charge on any atom is 0.0629 e. The van der Waals surface area contributed by atoms with Gasteiger partial charge in [-0.2, -0.15) is 0 Å². The van der Waals surface area contributed by atoms with Gasteiger partial charge in [0.1, 0.15) is 0 Å². The summed E-state index contributed by atoms with van der Waals surface area (Å²) >= 11 is 0.